The molecule has 0 unspecified atom stereocenters. The molecule has 24 heavy (non-hydrogen) atoms. The molecule has 0 saturated heterocycles. The number of carbonyl (C=O) groups is 1. The molecular formula is C17H17BrN4OS. The normalized spacial score (nSPS) is 12.2. The molecule has 0 saturated carbocycles. The van der Waals surface area contributed by atoms with Crippen molar-refractivity contribution in [1.29, 1.82) is 0 Å². The summed E-state index contributed by atoms with van der Waals surface area (Å²) in [5.74, 6) is 1.55. The predicted molar refractivity (Wildman–Crippen MR) is 101 cm³/mol. The fourth-order valence-corrected chi connectivity index (χ4v) is 3.26. The number of H-pyrrole nitrogens is 1. The van der Waals surface area contributed by atoms with Gasteiger partial charge in [0.1, 0.15) is 5.82 Å². The third-order valence-corrected chi connectivity index (χ3v) is 4.70. The van der Waals surface area contributed by atoms with Crippen LogP contribution in [0.2, 0.25) is 0 Å². The van der Waals surface area contributed by atoms with Gasteiger partial charge in [0.2, 0.25) is 0 Å². The molecule has 1 aromatic carbocycles. The number of nitrogens with zero attached hydrogens (tertiary/aromatic N) is 2. The molecule has 0 radical (unpaired) electrons. The lowest BCUT2D eigenvalue weighted by atomic mass is 10.2. The molecule has 1 atom stereocenters. The number of carbonyl (C=O) groups excluding carboxylic acids is 1. The molecule has 0 aliphatic heterocycles. The maximum absolute atomic E-state index is 12.5. The minimum absolute atomic E-state index is 0.157. The first-order valence-electron chi connectivity index (χ1n) is 7.52. The number of para-hydroxylation sites is 2. The Morgan fingerprint density at radius 3 is 2.96 bits per heavy atom. The van der Waals surface area contributed by atoms with Crippen LogP contribution < -0.4 is 5.32 Å². The van der Waals surface area contributed by atoms with Crippen LogP contribution in [0.4, 0.5) is 0 Å². The van der Waals surface area contributed by atoms with E-state index >= 15 is 0 Å². The van der Waals surface area contributed by atoms with E-state index in [1.807, 2.05) is 24.3 Å². The van der Waals surface area contributed by atoms with E-state index in [1.54, 1.807) is 30.2 Å². The fourth-order valence-electron chi connectivity index (χ4n) is 2.43. The summed E-state index contributed by atoms with van der Waals surface area (Å²) in [5.41, 5.74) is 2.40. The van der Waals surface area contributed by atoms with E-state index < -0.39 is 0 Å². The number of imidazole rings is 1. The Kier molecular flexibility index (Phi) is 5.52. The molecule has 3 aromatic rings. The highest BCUT2D eigenvalue weighted by Gasteiger charge is 2.19. The molecule has 0 fully saturated rings. The number of hydrogen-bond donors (Lipinski definition) is 2. The van der Waals surface area contributed by atoms with E-state index in [9.17, 15) is 4.79 Å². The minimum atomic E-state index is -0.170. The quantitative estimate of drug-likeness (QED) is 0.652. The van der Waals surface area contributed by atoms with E-state index in [-0.39, 0.29) is 11.9 Å². The lowest BCUT2D eigenvalue weighted by molar-refractivity contribution is 0.0933. The Morgan fingerprint density at radius 2 is 2.21 bits per heavy atom. The van der Waals surface area contributed by atoms with E-state index in [0.717, 1.165) is 33.5 Å². The van der Waals surface area contributed by atoms with Gasteiger partial charge in [0, 0.05) is 16.9 Å². The van der Waals surface area contributed by atoms with Crippen LogP contribution in [0.25, 0.3) is 11.0 Å². The second kappa shape index (κ2) is 7.81. The number of rotatable bonds is 6. The summed E-state index contributed by atoms with van der Waals surface area (Å²) >= 11 is 5.09. The number of hydrogen-bond acceptors (Lipinski definition) is 4. The molecule has 2 N–H and O–H groups in total. The minimum Gasteiger partial charge on any atom is -0.342 e. The summed E-state index contributed by atoms with van der Waals surface area (Å²) in [4.78, 5) is 24.5. The van der Waals surface area contributed by atoms with Crippen molar-refractivity contribution in [3.63, 3.8) is 0 Å². The Morgan fingerprint density at radius 1 is 1.38 bits per heavy atom. The zero-order chi connectivity index (χ0) is 16.9. The average Bonchev–Trinajstić information content (AvgIpc) is 3.02. The number of aromatic nitrogens is 3. The topological polar surface area (TPSA) is 70.7 Å². The van der Waals surface area contributed by atoms with Gasteiger partial charge in [-0.25, -0.2) is 4.98 Å². The van der Waals surface area contributed by atoms with Crippen LogP contribution in [0.15, 0.2) is 47.2 Å². The number of thioether (sulfide) groups is 1. The van der Waals surface area contributed by atoms with Gasteiger partial charge in [-0.15, -0.1) is 0 Å². The standard InChI is InChI=1S/C17H17BrN4OS/c1-24-7-6-15(16-20-13-4-2-3-5-14(13)21-16)22-17(23)11-8-12(18)10-19-9-11/h2-5,8-10,15H,6-7H2,1H3,(H,20,21)(H,22,23)/t15-/m1/s1. The van der Waals surface area contributed by atoms with Crippen molar-refractivity contribution in [2.75, 3.05) is 12.0 Å². The molecule has 1 amide bonds. The van der Waals surface area contributed by atoms with Crippen molar-refractivity contribution >= 4 is 44.6 Å². The first-order chi connectivity index (χ1) is 11.7. The van der Waals surface area contributed by atoms with Crippen LogP contribution in [0.1, 0.15) is 28.6 Å². The number of nitrogens with one attached hydrogen (secondary N) is 2. The summed E-state index contributed by atoms with van der Waals surface area (Å²) in [6.45, 7) is 0. The molecular weight excluding hydrogens is 388 g/mol. The largest absolute Gasteiger partial charge is 0.342 e. The summed E-state index contributed by atoms with van der Waals surface area (Å²) in [6.07, 6.45) is 6.06. The van der Waals surface area contributed by atoms with Crippen molar-refractivity contribution in [2.24, 2.45) is 0 Å². The predicted octanol–water partition coefficient (Wildman–Crippen LogP) is 3.94. The molecule has 3 rings (SSSR count). The highest BCUT2D eigenvalue weighted by Crippen LogP contribution is 2.21. The van der Waals surface area contributed by atoms with Crippen LogP contribution in [-0.2, 0) is 0 Å². The van der Waals surface area contributed by atoms with E-state index in [4.69, 9.17) is 0 Å². The zero-order valence-electron chi connectivity index (χ0n) is 13.1. The van der Waals surface area contributed by atoms with Crippen LogP contribution in [0, 0.1) is 0 Å². The first-order valence-corrected chi connectivity index (χ1v) is 9.71. The number of pyridine rings is 1. The van der Waals surface area contributed by atoms with Gasteiger partial charge in [-0.1, -0.05) is 12.1 Å². The van der Waals surface area contributed by atoms with Crippen LogP contribution in [-0.4, -0.2) is 32.9 Å². The molecule has 0 spiro atoms. The van der Waals surface area contributed by atoms with Gasteiger partial charge in [0.05, 0.1) is 22.6 Å². The second-order valence-corrected chi connectivity index (χ2v) is 7.24. The third-order valence-electron chi connectivity index (χ3n) is 3.62. The molecule has 0 aliphatic rings. The van der Waals surface area contributed by atoms with Gasteiger partial charge in [-0.3, -0.25) is 9.78 Å². The highest BCUT2D eigenvalue weighted by molar-refractivity contribution is 9.10. The number of halogens is 1. The first kappa shape index (κ1) is 17.0. The lowest BCUT2D eigenvalue weighted by Crippen LogP contribution is -2.29. The Bertz CT molecular complexity index is 818. The third kappa shape index (κ3) is 3.96. The van der Waals surface area contributed by atoms with Crippen molar-refractivity contribution in [1.82, 2.24) is 20.3 Å². The Hall–Kier alpha value is -1.86. The zero-order valence-corrected chi connectivity index (χ0v) is 15.5. The van der Waals surface area contributed by atoms with Gasteiger partial charge < -0.3 is 10.3 Å². The fraction of sp³-hybridized carbons (Fsp3) is 0.235. The maximum atomic E-state index is 12.5. The maximum Gasteiger partial charge on any atom is 0.253 e. The van der Waals surface area contributed by atoms with Gasteiger partial charge >= 0.3 is 0 Å². The van der Waals surface area contributed by atoms with E-state index in [1.165, 1.54) is 0 Å². The van der Waals surface area contributed by atoms with Gasteiger partial charge in [0.25, 0.3) is 5.91 Å². The summed E-state index contributed by atoms with van der Waals surface area (Å²) in [6, 6.07) is 9.45. The summed E-state index contributed by atoms with van der Waals surface area (Å²) in [7, 11) is 0. The molecule has 2 aromatic heterocycles. The molecule has 124 valence electrons. The summed E-state index contributed by atoms with van der Waals surface area (Å²) in [5, 5.41) is 3.07. The van der Waals surface area contributed by atoms with Crippen molar-refractivity contribution < 1.29 is 4.79 Å². The van der Waals surface area contributed by atoms with Crippen molar-refractivity contribution in [3.8, 4) is 0 Å². The summed E-state index contributed by atoms with van der Waals surface area (Å²) < 4.78 is 0.777. The molecule has 2 heterocycles. The number of benzene rings is 1. The number of amides is 1. The van der Waals surface area contributed by atoms with Gasteiger partial charge in [0.15, 0.2) is 0 Å². The molecule has 0 bridgehead atoms. The van der Waals surface area contributed by atoms with Crippen LogP contribution in [0.3, 0.4) is 0 Å². The average molecular weight is 405 g/mol. The van der Waals surface area contributed by atoms with Crippen LogP contribution >= 0.6 is 27.7 Å². The van der Waals surface area contributed by atoms with Gasteiger partial charge in [-0.05, 0) is 52.6 Å². The molecule has 7 heteroatoms. The highest BCUT2D eigenvalue weighted by atomic mass is 79.9. The van der Waals surface area contributed by atoms with E-state index in [2.05, 4.69) is 42.5 Å². The smallest absolute Gasteiger partial charge is 0.253 e. The number of fused-ring (bicyclic) bond motifs is 1. The molecule has 0 aliphatic carbocycles. The lowest BCUT2D eigenvalue weighted by Gasteiger charge is -2.16. The SMILES string of the molecule is CSCC[C@@H](NC(=O)c1cncc(Br)c1)c1nc2ccccc2[nH]1. The second-order valence-electron chi connectivity index (χ2n) is 5.34. The Balaban J connectivity index is 1.84. The van der Waals surface area contributed by atoms with Crippen molar-refractivity contribution in [3.05, 3.63) is 58.6 Å². The van der Waals surface area contributed by atoms with Crippen LogP contribution in [0.5, 0.6) is 0 Å². The van der Waals surface area contributed by atoms with E-state index in [0.29, 0.717) is 5.56 Å². The van der Waals surface area contributed by atoms with Crippen molar-refractivity contribution in [2.45, 2.75) is 12.5 Å². The molecule has 5 nitrogen and oxygen atoms in total. The monoisotopic (exact) mass is 404 g/mol. The van der Waals surface area contributed by atoms with Gasteiger partial charge in [-0.2, -0.15) is 11.8 Å². The number of aromatic amines is 1. The Labute approximate surface area is 152 Å².